The fourth-order valence-electron chi connectivity index (χ4n) is 2.89. The number of hydrogen-bond acceptors (Lipinski definition) is 5. The molecule has 0 spiro atoms. The third-order valence-electron chi connectivity index (χ3n) is 5.05. The van der Waals surface area contributed by atoms with Crippen molar-refractivity contribution in [3.8, 4) is 22.8 Å². The molecule has 2 aromatic rings. The van der Waals surface area contributed by atoms with E-state index in [9.17, 15) is 23.1 Å². The van der Waals surface area contributed by atoms with Crippen LogP contribution in [0.15, 0.2) is 36.5 Å². The van der Waals surface area contributed by atoms with Gasteiger partial charge in [-0.3, -0.25) is 4.79 Å². The van der Waals surface area contributed by atoms with Crippen LogP contribution in [0.3, 0.4) is 0 Å². The summed E-state index contributed by atoms with van der Waals surface area (Å²) in [6.07, 6.45) is -0.474. The van der Waals surface area contributed by atoms with Crippen LogP contribution in [0.1, 0.15) is 36.5 Å². The van der Waals surface area contributed by atoms with Gasteiger partial charge in [0.25, 0.3) is 5.91 Å². The summed E-state index contributed by atoms with van der Waals surface area (Å²) in [5, 5.41) is 12.0. The molecule has 6 nitrogen and oxygen atoms in total. The first-order valence-electron chi connectivity index (χ1n) is 10.2. The molecule has 168 valence electrons. The number of aromatic nitrogens is 1. The standard InChI is InChI=1S/C22H25F3N2O4/c1-2-14(12-28)10-26-20(29)17-9-19(21(27-11-17)30-13-15-3-4-15)16-5-7-18(8-6-16)31-22(23,24)25/h5-9,11,14-15,28H,2-4,10,12-13H2,1H3,(H,26,29). The second kappa shape index (κ2) is 10.00. The van der Waals surface area contributed by atoms with Crippen molar-refractivity contribution in [1.82, 2.24) is 10.3 Å². The van der Waals surface area contributed by atoms with Gasteiger partial charge in [0.05, 0.1) is 12.2 Å². The zero-order valence-corrected chi connectivity index (χ0v) is 17.1. The summed E-state index contributed by atoms with van der Waals surface area (Å²) in [5.74, 6) is 0.0534. The monoisotopic (exact) mass is 438 g/mol. The fraction of sp³-hybridized carbons (Fsp3) is 0.455. The van der Waals surface area contributed by atoms with Crippen LogP contribution in [0.2, 0.25) is 0 Å². The molecule has 1 aliphatic carbocycles. The number of aliphatic hydroxyl groups excluding tert-OH is 1. The average molecular weight is 438 g/mol. The lowest BCUT2D eigenvalue weighted by Crippen LogP contribution is -2.30. The zero-order chi connectivity index (χ0) is 22.4. The number of aliphatic hydroxyl groups is 1. The first kappa shape index (κ1) is 22.9. The van der Waals surface area contributed by atoms with E-state index in [4.69, 9.17) is 4.74 Å². The Balaban J connectivity index is 1.82. The molecule has 0 saturated heterocycles. The second-order valence-corrected chi connectivity index (χ2v) is 7.57. The van der Waals surface area contributed by atoms with Gasteiger partial charge in [-0.05, 0) is 54.9 Å². The number of benzene rings is 1. The quantitative estimate of drug-likeness (QED) is 0.582. The Labute approximate surface area is 178 Å². The van der Waals surface area contributed by atoms with Gasteiger partial charge in [-0.15, -0.1) is 13.2 Å². The Morgan fingerprint density at radius 1 is 1.29 bits per heavy atom. The number of pyridine rings is 1. The van der Waals surface area contributed by atoms with E-state index in [1.165, 1.54) is 30.5 Å². The van der Waals surface area contributed by atoms with Crippen molar-refractivity contribution in [3.63, 3.8) is 0 Å². The minimum atomic E-state index is -4.77. The Kier molecular flexibility index (Phi) is 7.37. The van der Waals surface area contributed by atoms with E-state index in [1.54, 1.807) is 6.07 Å². The lowest BCUT2D eigenvalue weighted by Gasteiger charge is -2.15. The molecule has 1 unspecified atom stereocenters. The van der Waals surface area contributed by atoms with Gasteiger partial charge in [-0.25, -0.2) is 4.98 Å². The van der Waals surface area contributed by atoms with Crippen LogP contribution < -0.4 is 14.8 Å². The van der Waals surface area contributed by atoms with E-state index in [-0.39, 0.29) is 29.7 Å². The average Bonchev–Trinajstić information content (AvgIpc) is 3.57. The van der Waals surface area contributed by atoms with Crippen molar-refractivity contribution >= 4 is 5.91 Å². The summed E-state index contributed by atoms with van der Waals surface area (Å²) in [4.78, 5) is 16.8. The van der Waals surface area contributed by atoms with E-state index in [0.717, 1.165) is 19.3 Å². The Bertz CT molecular complexity index is 879. The van der Waals surface area contributed by atoms with Crippen LogP contribution >= 0.6 is 0 Å². The highest BCUT2D eigenvalue weighted by Crippen LogP contribution is 2.34. The summed E-state index contributed by atoms with van der Waals surface area (Å²) in [7, 11) is 0. The number of nitrogens with one attached hydrogen (secondary N) is 1. The molecule has 2 N–H and O–H groups in total. The van der Waals surface area contributed by atoms with E-state index < -0.39 is 6.36 Å². The zero-order valence-electron chi connectivity index (χ0n) is 17.1. The third kappa shape index (κ3) is 6.85. The highest BCUT2D eigenvalue weighted by molar-refractivity contribution is 5.95. The maximum Gasteiger partial charge on any atom is 0.573 e. The van der Waals surface area contributed by atoms with Crippen LogP contribution in [-0.2, 0) is 0 Å². The fourth-order valence-corrected chi connectivity index (χ4v) is 2.89. The molecule has 9 heteroatoms. The first-order chi connectivity index (χ1) is 14.8. The van der Waals surface area contributed by atoms with E-state index in [1.807, 2.05) is 6.92 Å². The molecule has 1 aromatic carbocycles. The highest BCUT2D eigenvalue weighted by atomic mass is 19.4. The van der Waals surface area contributed by atoms with Crippen molar-refractivity contribution in [2.75, 3.05) is 19.8 Å². The molecule has 1 fully saturated rings. The molecule has 1 aromatic heterocycles. The molecule has 0 aliphatic heterocycles. The van der Waals surface area contributed by atoms with E-state index >= 15 is 0 Å². The van der Waals surface area contributed by atoms with Gasteiger partial charge < -0.3 is 19.9 Å². The Morgan fingerprint density at radius 2 is 2.00 bits per heavy atom. The van der Waals surface area contributed by atoms with Crippen molar-refractivity contribution in [2.24, 2.45) is 11.8 Å². The minimum Gasteiger partial charge on any atom is -0.477 e. The minimum absolute atomic E-state index is 0.0272. The van der Waals surface area contributed by atoms with Gasteiger partial charge in [-0.2, -0.15) is 0 Å². The van der Waals surface area contributed by atoms with E-state index in [0.29, 0.717) is 36.1 Å². The molecule has 0 radical (unpaired) electrons. The lowest BCUT2D eigenvalue weighted by atomic mass is 10.0. The van der Waals surface area contributed by atoms with Gasteiger partial charge in [0.15, 0.2) is 0 Å². The summed E-state index contributed by atoms with van der Waals surface area (Å²) in [5.41, 5.74) is 1.34. The van der Waals surface area contributed by atoms with Gasteiger partial charge in [0.1, 0.15) is 5.75 Å². The molecule has 1 amide bonds. The summed E-state index contributed by atoms with van der Waals surface area (Å²) in [6, 6.07) is 6.93. The summed E-state index contributed by atoms with van der Waals surface area (Å²) >= 11 is 0. The molecule has 0 bridgehead atoms. The second-order valence-electron chi connectivity index (χ2n) is 7.57. The van der Waals surface area contributed by atoms with Crippen LogP contribution in [0.25, 0.3) is 11.1 Å². The molecule has 1 saturated carbocycles. The maximum atomic E-state index is 12.5. The molecule has 1 aliphatic rings. The number of amides is 1. The van der Waals surface area contributed by atoms with Crippen molar-refractivity contribution < 1.29 is 32.5 Å². The number of carbonyl (C=O) groups is 1. The van der Waals surface area contributed by atoms with Crippen LogP contribution in [0.5, 0.6) is 11.6 Å². The molecular weight excluding hydrogens is 413 g/mol. The van der Waals surface area contributed by atoms with Gasteiger partial charge in [0.2, 0.25) is 5.88 Å². The summed E-state index contributed by atoms with van der Waals surface area (Å²) < 4.78 is 47.0. The topological polar surface area (TPSA) is 80.7 Å². The number of ether oxygens (including phenoxy) is 2. The predicted octanol–water partition coefficient (Wildman–Crippen LogP) is 4.18. The predicted molar refractivity (Wildman–Crippen MR) is 108 cm³/mol. The summed E-state index contributed by atoms with van der Waals surface area (Å²) in [6.45, 7) is 2.71. The van der Waals surface area contributed by atoms with E-state index in [2.05, 4.69) is 15.0 Å². The number of nitrogens with zero attached hydrogens (tertiary/aromatic N) is 1. The SMILES string of the molecule is CCC(CO)CNC(=O)c1cnc(OCC2CC2)c(-c2ccc(OC(F)(F)F)cc2)c1. The molecule has 3 rings (SSSR count). The van der Waals surface area contributed by atoms with Gasteiger partial charge in [-0.1, -0.05) is 19.1 Å². The van der Waals surface area contributed by atoms with Gasteiger partial charge >= 0.3 is 6.36 Å². The molecule has 31 heavy (non-hydrogen) atoms. The van der Waals surface area contributed by atoms with Crippen molar-refractivity contribution in [2.45, 2.75) is 32.5 Å². The number of rotatable bonds is 10. The lowest BCUT2D eigenvalue weighted by molar-refractivity contribution is -0.274. The molecule has 1 heterocycles. The normalized spacial score (nSPS) is 14.7. The van der Waals surface area contributed by atoms with Crippen LogP contribution in [0, 0.1) is 11.8 Å². The Hall–Kier alpha value is -2.81. The van der Waals surface area contributed by atoms with Crippen LogP contribution in [0.4, 0.5) is 13.2 Å². The number of hydrogen-bond donors (Lipinski definition) is 2. The molecular formula is C22H25F3N2O4. The first-order valence-corrected chi connectivity index (χ1v) is 10.2. The third-order valence-corrected chi connectivity index (χ3v) is 5.05. The van der Waals surface area contributed by atoms with Crippen LogP contribution in [-0.4, -0.2) is 42.1 Å². The Morgan fingerprint density at radius 3 is 2.58 bits per heavy atom. The highest BCUT2D eigenvalue weighted by Gasteiger charge is 2.31. The maximum absolute atomic E-state index is 12.5. The number of carbonyl (C=O) groups excluding carboxylic acids is 1. The largest absolute Gasteiger partial charge is 0.573 e. The van der Waals surface area contributed by atoms with Gasteiger partial charge in [0, 0.05) is 24.9 Å². The number of alkyl halides is 3. The number of halogens is 3. The van der Waals surface area contributed by atoms with Crippen molar-refractivity contribution in [3.05, 3.63) is 42.1 Å². The smallest absolute Gasteiger partial charge is 0.477 e. The van der Waals surface area contributed by atoms with Crippen molar-refractivity contribution in [1.29, 1.82) is 0 Å². The molecule has 1 atom stereocenters.